The lowest BCUT2D eigenvalue weighted by Gasteiger charge is -2.35. The Bertz CT molecular complexity index is 814. The smallest absolute Gasteiger partial charge is 0.253 e. The number of piperazine rings is 1. The maximum atomic E-state index is 12.8. The third-order valence-electron chi connectivity index (χ3n) is 5.49. The molecule has 3 heterocycles. The zero-order chi connectivity index (χ0) is 20.8. The third kappa shape index (κ3) is 4.99. The average Bonchev–Trinajstić information content (AvgIpc) is 3.32. The van der Waals surface area contributed by atoms with E-state index in [4.69, 9.17) is 9.47 Å². The number of benzene rings is 1. The van der Waals surface area contributed by atoms with Gasteiger partial charge in [0.2, 0.25) is 0 Å². The summed E-state index contributed by atoms with van der Waals surface area (Å²) in [6.07, 6.45) is 2.50. The molecule has 0 spiro atoms. The van der Waals surface area contributed by atoms with Crippen LogP contribution in [0.3, 0.4) is 0 Å². The topological polar surface area (TPSA) is 79.8 Å². The molecule has 1 N–H and O–H groups in total. The van der Waals surface area contributed by atoms with Crippen molar-refractivity contribution in [2.24, 2.45) is 0 Å². The molecule has 1 aromatic heterocycles. The highest BCUT2D eigenvalue weighted by atomic mass is 16.5. The molecule has 2 aliphatic heterocycles. The van der Waals surface area contributed by atoms with E-state index in [9.17, 15) is 4.79 Å². The first-order chi connectivity index (χ1) is 14.7. The van der Waals surface area contributed by atoms with Gasteiger partial charge in [-0.15, -0.1) is 10.2 Å². The van der Waals surface area contributed by atoms with Crippen molar-refractivity contribution in [3.05, 3.63) is 42.0 Å². The number of aromatic nitrogens is 2. The van der Waals surface area contributed by atoms with Crippen LogP contribution in [0, 0.1) is 0 Å². The second-order valence-electron chi connectivity index (χ2n) is 7.53. The van der Waals surface area contributed by atoms with E-state index in [1.54, 1.807) is 0 Å². The van der Waals surface area contributed by atoms with Gasteiger partial charge in [0, 0.05) is 44.9 Å². The molecule has 0 saturated carbocycles. The van der Waals surface area contributed by atoms with E-state index in [0.717, 1.165) is 56.5 Å². The van der Waals surface area contributed by atoms with Gasteiger partial charge in [-0.1, -0.05) is 0 Å². The van der Waals surface area contributed by atoms with Crippen molar-refractivity contribution in [1.82, 2.24) is 15.1 Å². The van der Waals surface area contributed by atoms with Gasteiger partial charge >= 0.3 is 0 Å². The van der Waals surface area contributed by atoms with Crippen LogP contribution in [-0.4, -0.2) is 73.0 Å². The third-order valence-corrected chi connectivity index (χ3v) is 5.49. The van der Waals surface area contributed by atoms with Gasteiger partial charge in [0.25, 0.3) is 5.91 Å². The van der Waals surface area contributed by atoms with Crippen molar-refractivity contribution in [2.75, 3.05) is 56.2 Å². The molecule has 1 aromatic carbocycles. The van der Waals surface area contributed by atoms with Gasteiger partial charge in [-0.2, -0.15) is 0 Å². The van der Waals surface area contributed by atoms with Gasteiger partial charge in [-0.25, -0.2) is 0 Å². The molecule has 0 aliphatic carbocycles. The normalized spacial score (nSPS) is 19.0. The van der Waals surface area contributed by atoms with Gasteiger partial charge in [0.1, 0.15) is 11.6 Å². The Hall–Kier alpha value is -2.87. The van der Waals surface area contributed by atoms with Crippen LogP contribution in [0.2, 0.25) is 0 Å². The molecule has 2 aromatic rings. The molecule has 160 valence electrons. The van der Waals surface area contributed by atoms with Crippen molar-refractivity contribution in [3.8, 4) is 5.75 Å². The van der Waals surface area contributed by atoms with Gasteiger partial charge in [0.05, 0.1) is 12.7 Å². The average molecular weight is 412 g/mol. The first-order valence-electron chi connectivity index (χ1n) is 10.7. The van der Waals surface area contributed by atoms with Crippen molar-refractivity contribution in [2.45, 2.75) is 25.9 Å². The molecule has 4 rings (SSSR count). The van der Waals surface area contributed by atoms with Crippen molar-refractivity contribution < 1.29 is 14.3 Å². The number of rotatable bonds is 7. The van der Waals surface area contributed by atoms with E-state index in [0.29, 0.717) is 25.3 Å². The van der Waals surface area contributed by atoms with Crippen LogP contribution in [0.25, 0.3) is 0 Å². The summed E-state index contributed by atoms with van der Waals surface area (Å²) in [5.41, 5.74) is 0.688. The minimum atomic E-state index is 0.0532. The number of hydrogen-bond donors (Lipinski definition) is 1. The second-order valence-corrected chi connectivity index (χ2v) is 7.53. The Balaban J connectivity index is 1.26. The summed E-state index contributed by atoms with van der Waals surface area (Å²) in [7, 11) is 0. The van der Waals surface area contributed by atoms with E-state index >= 15 is 0 Å². The van der Waals surface area contributed by atoms with Crippen LogP contribution < -0.4 is 15.0 Å². The molecule has 2 saturated heterocycles. The highest BCUT2D eigenvalue weighted by Crippen LogP contribution is 2.18. The molecule has 0 radical (unpaired) electrons. The number of nitrogens with zero attached hydrogens (tertiary/aromatic N) is 4. The molecule has 0 bridgehead atoms. The quantitative estimate of drug-likeness (QED) is 0.749. The highest BCUT2D eigenvalue weighted by molar-refractivity contribution is 5.94. The lowest BCUT2D eigenvalue weighted by atomic mass is 10.1. The lowest BCUT2D eigenvalue weighted by molar-refractivity contribution is 0.0746. The van der Waals surface area contributed by atoms with Crippen molar-refractivity contribution in [3.63, 3.8) is 0 Å². The molecular formula is C22H29N5O3. The number of anilines is 2. The predicted molar refractivity (Wildman–Crippen MR) is 115 cm³/mol. The fourth-order valence-corrected chi connectivity index (χ4v) is 3.79. The molecule has 1 atom stereocenters. The van der Waals surface area contributed by atoms with E-state index in [1.165, 1.54) is 0 Å². The SMILES string of the molecule is CCOc1ccc(C(=O)N2CCN(c3ccc(NCC4CCCO4)nn3)CC2)cc1. The molecule has 30 heavy (non-hydrogen) atoms. The molecule has 1 amide bonds. The van der Waals surface area contributed by atoms with Crippen LogP contribution >= 0.6 is 0 Å². The summed E-state index contributed by atoms with van der Waals surface area (Å²) < 4.78 is 11.1. The second kappa shape index (κ2) is 9.75. The number of carbonyl (C=O) groups excluding carboxylic acids is 1. The summed E-state index contributed by atoms with van der Waals surface area (Å²) in [6.45, 7) is 6.96. The highest BCUT2D eigenvalue weighted by Gasteiger charge is 2.23. The van der Waals surface area contributed by atoms with Crippen molar-refractivity contribution in [1.29, 1.82) is 0 Å². The van der Waals surface area contributed by atoms with E-state index in [2.05, 4.69) is 20.4 Å². The number of carbonyl (C=O) groups is 1. The van der Waals surface area contributed by atoms with Crippen LogP contribution in [0.15, 0.2) is 36.4 Å². The molecule has 1 unspecified atom stereocenters. The number of ether oxygens (including phenoxy) is 2. The number of hydrogen-bond acceptors (Lipinski definition) is 7. The first-order valence-corrected chi connectivity index (χ1v) is 10.7. The van der Waals surface area contributed by atoms with Gasteiger partial charge in [0.15, 0.2) is 5.82 Å². The summed E-state index contributed by atoms with van der Waals surface area (Å²) >= 11 is 0. The van der Waals surface area contributed by atoms with E-state index < -0.39 is 0 Å². The Morgan fingerprint density at radius 1 is 1.13 bits per heavy atom. The number of nitrogens with one attached hydrogen (secondary N) is 1. The molecular weight excluding hydrogens is 382 g/mol. The van der Waals surface area contributed by atoms with E-state index in [-0.39, 0.29) is 12.0 Å². The largest absolute Gasteiger partial charge is 0.494 e. The monoisotopic (exact) mass is 411 g/mol. The minimum Gasteiger partial charge on any atom is -0.494 e. The molecule has 2 fully saturated rings. The van der Waals surface area contributed by atoms with Gasteiger partial charge in [-0.3, -0.25) is 4.79 Å². The zero-order valence-corrected chi connectivity index (χ0v) is 17.4. The summed E-state index contributed by atoms with van der Waals surface area (Å²) in [4.78, 5) is 16.8. The molecule has 8 nitrogen and oxygen atoms in total. The van der Waals surface area contributed by atoms with Crippen molar-refractivity contribution >= 4 is 17.5 Å². The Kier molecular flexibility index (Phi) is 6.63. The molecule has 2 aliphatic rings. The molecule has 8 heteroatoms. The summed E-state index contributed by atoms with van der Waals surface area (Å²) in [5.74, 6) is 2.44. The summed E-state index contributed by atoms with van der Waals surface area (Å²) in [5, 5.41) is 11.9. The fraction of sp³-hybridized carbons (Fsp3) is 0.500. The minimum absolute atomic E-state index is 0.0532. The maximum absolute atomic E-state index is 12.8. The van der Waals surface area contributed by atoms with Crippen LogP contribution in [-0.2, 0) is 4.74 Å². The van der Waals surface area contributed by atoms with E-state index in [1.807, 2.05) is 48.2 Å². The Morgan fingerprint density at radius 3 is 2.57 bits per heavy atom. The maximum Gasteiger partial charge on any atom is 0.253 e. The predicted octanol–water partition coefficient (Wildman–Crippen LogP) is 2.43. The number of amides is 1. The summed E-state index contributed by atoms with van der Waals surface area (Å²) in [6, 6.07) is 11.3. The fourth-order valence-electron chi connectivity index (χ4n) is 3.79. The van der Waals surface area contributed by atoms with Gasteiger partial charge < -0.3 is 24.6 Å². The van der Waals surface area contributed by atoms with Gasteiger partial charge in [-0.05, 0) is 56.2 Å². The first kappa shape index (κ1) is 20.4. The standard InChI is InChI=1S/C22H29N5O3/c1-2-29-18-7-5-17(6-8-18)22(28)27-13-11-26(12-14-27)21-10-9-20(24-25-21)23-16-19-4-3-15-30-19/h5-10,19H,2-4,11-16H2,1H3,(H,23,24). The van der Waals surface area contributed by atoms with Crippen LogP contribution in [0.5, 0.6) is 5.75 Å². The van der Waals surface area contributed by atoms with Crippen LogP contribution in [0.4, 0.5) is 11.6 Å². The zero-order valence-electron chi connectivity index (χ0n) is 17.4. The van der Waals surface area contributed by atoms with Crippen LogP contribution in [0.1, 0.15) is 30.1 Å². The Morgan fingerprint density at radius 2 is 1.93 bits per heavy atom. The Labute approximate surface area is 177 Å². The lowest BCUT2D eigenvalue weighted by Crippen LogP contribution is -2.49.